The molecule has 0 saturated carbocycles. The van der Waals surface area contributed by atoms with Gasteiger partial charge in [-0.1, -0.05) is 13.3 Å². The van der Waals surface area contributed by atoms with Gasteiger partial charge in [0.25, 0.3) is 0 Å². The molecule has 0 aromatic heterocycles. The summed E-state index contributed by atoms with van der Waals surface area (Å²) < 4.78 is 22.9. The number of piperidine rings is 1. The molecule has 1 aromatic carbocycles. The molecule has 1 unspecified atom stereocenters. The first-order valence-electron chi connectivity index (χ1n) is 6.58. The monoisotopic (exact) mass is 283 g/mol. The molecule has 0 amide bonds. The van der Waals surface area contributed by atoms with E-state index in [4.69, 9.17) is 10.9 Å². The Labute approximate surface area is 114 Å². The Bertz CT molecular complexity index is 557. The molecule has 1 fully saturated rings. The highest BCUT2D eigenvalue weighted by Gasteiger charge is 2.20. The van der Waals surface area contributed by atoms with Gasteiger partial charge in [-0.25, -0.2) is 13.6 Å². The van der Waals surface area contributed by atoms with Crippen molar-refractivity contribution in [2.75, 3.05) is 23.7 Å². The first-order valence-corrected chi connectivity index (χ1v) is 8.13. The van der Waals surface area contributed by atoms with E-state index in [0.29, 0.717) is 11.6 Å². The van der Waals surface area contributed by atoms with Gasteiger partial charge < -0.3 is 10.6 Å². The smallest absolute Gasteiger partial charge is 0.238 e. The van der Waals surface area contributed by atoms with Gasteiger partial charge in [0.05, 0.1) is 4.90 Å². The second kappa shape index (κ2) is 5.38. The van der Waals surface area contributed by atoms with Gasteiger partial charge in [-0.05, 0) is 37.0 Å². The Morgan fingerprint density at radius 3 is 2.74 bits per heavy atom. The van der Waals surface area contributed by atoms with Crippen molar-refractivity contribution >= 4 is 21.4 Å². The Morgan fingerprint density at radius 2 is 2.11 bits per heavy atom. The van der Waals surface area contributed by atoms with Crippen LogP contribution in [0.2, 0.25) is 0 Å². The zero-order valence-electron chi connectivity index (χ0n) is 11.2. The maximum absolute atomic E-state index is 11.4. The third-order valence-electron chi connectivity index (χ3n) is 3.70. The van der Waals surface area contributed by atoms with Crippen LogP contribution in [-0.2, 0) is 10.0 Å². The van der Waals surface area contributed by atoms with Gasteiger partial charge in [-0.2, -0.15) is 0 Å². The largest absolute Gasteiger partial charge is 0.399 e. The topological polar surface area (TPSA) is 89.4 Å². The third-order valence-corrected chi connectivity index (χ3v) is 4.60. The summed E-state index contributed by atoms with van der Waals surface area (Å²) >= 11 is 0. The fourth-order valence-electron chi connectivity index (χ4n) is 2.59. The van der Waals surface area contributed by atoms with Crippen LogP contribution in [0, 0.1) is 5.92 Å². The molecule has 1 aliphatic heterocycles. The van der Waals surface area contributed by atoms with Crippen LogP contribution in [0.1, 0.15) is 26.2 Å². The van der Waals surface area contributed by atoms with Crippen molar-refractivity contribution in [2.24, 2.45) is 11.1 Å². The Morgan fingerprint density at radius 1 is 1.37 bits per heavy atom. The highest BCUT2D eigenvalue weighted by molar-refractivity contribution is 7.89. The average Bonchev–Trinajstić information content (AvgIpc) is 2.37. The van der Waals surface area contributed by atoms with Crippen LogP contribution < -0.4 is 15.8 Å². The maximum atomic E-state index is 11.4. The summed E-state index contributed by atoms with van der Waals surface area (Å²) in [4.78, 5) is 2.28. The molecule has 1 saturated heterocycles. The molecule has 6 heteroatoms. The van der Waals surface area contributed by atoms with E-state index in [1.165, 1.54) is 12.5 Å². The molecule has 1 aromatic rings. The summed E-state index contributed by atoms with van der Waals surface area (Å²) in [6.07, 6.45) is 3.50. The van der Waals surface area contributed by atoms with E-state index in [2.05, 4.69) is 11.8 Å². The van der Waals surface area contributed by atoms with Crippen molar-refractivity contribution < 1.29 is 8.42 Å². The maximum Gasteiger partial charge on any atom is 0.238 e. The van der Waals surface area contributed by atoms with Crippen molar-refractivity contribution in [1.29, 1.82) is 0 Å². The molecule has 2 rings (SSSR count). The number of anilines is 2. The second-order valence-corrected chi connectivity index (χ2v) is 6.73. The van der Waals surface area contributed by atoms with E-state index >= 15 is 0 Å². The lowest BCUT2D eigenvalue weighted by molar-refractivity contribution is 0.404. The van der Waals surface area contributed by atoms with Crippen LogP contribution in [0.15, 0.2) is 23.1 Å². The molecule has 0 aliphatic carbocycles. The second-order valence-electron chi connectivity index (χ2n) is 5.17. The molecule has 5 nitrogen and oxygen atoms in total. The zero-order chi connectivity index (χ0) is 14.0. The van der Waals surface area contributed by atoms with Gasteiger partial charge >= 0.3 is 0 Å². The number of hydrogen-bond donors (Lipinski definition) is 2. The standard InChI is InChI=1S/C13H21N3O2S/c1-2-10-4-3-5-16(9-10)12-6-11(14)7-13(8-12)19(15,17)18/h6-8,10H,2-5,9,14H2,1H3,(H2,15,17,18). The zero-order valence-corrected chi connectivity index (χ0v) is 12.0. The SMILES string of the molecule is CCC1CCCN(c2cc(N)cc(S(N)(=O)=O)c2)C1. The predicted molar refractivity (Wildman–Crippen MR) is 77.5 cm³/mol. The minimum atomic E-state index is -3.71. The van der Waals surface area contributed by atoms with E-state index in [1.54, 1.807) is 6.07 Å². The van der Waals surface area contributed by atoms with Gasteiger partial charge in [0.2, 0.25) is 10.0 Å². The molecule has 1 atom stereocenters. The third kappa shape index (κ3) is 3.39. The molecule has 106 valence electrons. The van der Waals surface area contributed by atoms with E-state index in [-0.39, 0.29) is 4.90 Å². The predicted octanol–water partition coefficient (Wildman–Crippen LogP) is 1.54. The molecule has 0 radical (unpaired) electrons. The fourth-order valence-corrected chi connectivity index (χ4v) is 3.17. The van der Waals surface area contributed by atoms with Crippen molar-refractivity contribution in [2.45, 2.75) is 31.1 Å². The van der Waals surface area contributed by atoms with Crippen LogP contribution >= 0.6 is 0 Å². The normalized spacial score (nSPS) is 20.5. The molecule has 19 heavy (non-hydrogen) atoms. The summed E-state index contributed by atoms with van der Waals surface area (Å²) in [5.74, 6) is 0.660. The number of nitrogen functional groups attached to an aromatic ring is 1. The lowest BCUT2D eigenvalue weighted by atomic mass is 9.95. The number of primary sulfonamides is 1. The van der Waals surface area contributed by atoms with Gasteiger partial charge in [0.15, 0.2) is 0 Å². The lowest BCUT2D eigenvalue weighted by Crippen LogP contribution is -2.35. The van der Waals surface area contributed by atoms with Crippen molar-refractivity contribution in [3.63, 3.8) is 0 Å². The minimum absolute atomic E-state index is 0.0844. The van der Waals surface area contributed by atoms with Crippen LogP contribution in [0.5, 0.6) is 0 Å². The van der Waals surface area contributed by atoms with Crippen LogP contribution in [-0.4, -0.2) is 21.5 Å². The van der Waals surface area contributed by atoms with Crippen LogP contribution in [0.4, 0.5) is 11.4 Å². The number of benzene rings is 1. The van der Waals surface area contributed by atoms with Gasteiger partial charge in [0, 0.05) is 24.5 Å². The summed E-state index contributed by atoms with van der Waals surface area (Å²) in [6.45, 7) is 4.07. The van der Waals surface area contributed by atoms with Crippen molar-refractivity contribution in [1.82, 2.24) is 0 Å². The highest BCUT2D eigenvalue weighted by Crippen LogP contribution is 2.28. The summed E-state index contributed by atoms with van der Waals surface area (Å²) in [5, 5.41) is 5.18. The van der Waals surface area contributed by atoms with Crippen molar-refractivity contribution in [3.05, 3.63) is 18.2 Å². The number of rotatable bonds is 3. The lowest BCUT2D eigenvalue weighted by Gasteiger charge is -2.34. The van der Waals surface area contributed by atoms with Gasteiger partial charge in [-0.15, -0.1) is 0 Å². The van der Waals surface area contributed by atoms with Crippen molar-refractivity contribution in [3.8, 4) is 0 Å². The Balaban J connectivity index is 2.32. The average molecular weight is 283 g/mol. The van der Waals surface area contributed by atoms with Gasteiger partial charge in [0.1, 0.15) is 0 Å². The number of nitrogens with two attached hydrogens (primary N) is 2. The molecular weight excluding hydrogens is 262 g/mol. The summed E-state index contributed by atoms with van der Waals surface area (Å²) in [5.41, 5.74) is 7.06. The molecule has 0 bridgehead atoms. The van der Waals surface area contributed by atoms with Crippen LogP contribution in [0.25, 0.3) is 0 Å². The fraction of sp³-hybridized carbons (Fsp3) is 0.538. The van der Waals surface area contributed by atoms with E-state index < -0.39 is 10.0 Å². The van der Waals surface area contributed by atoms with E-state index in [1.807, 2.05) is 6.07 Å². The number of nitrogens with zero attached hydrogens (tertiary/aromatic N) is 1. The molecule has 1 aliphatic rings. The Hall–Kier alpha value is -1.27. The minimum Gasteiger partial charge on any atom is -0.399 e. The molecular formula is C13H21N3O2S. The van der Waals surface area contributed by atoms with E-state index in [0.717, 1.165) is 31.6 Å². The van der Waals surface area contributed by atoms with Crippen LogP contribution in [0.3, 0.4) is 0 Å². The highest BCUT2D eigenvalue weighted by atomic mass is 32.2. The molecule has 1 heterocycles. The summed E-state index contributed by atoms with van der Waals surface area (Å²) in [6, 6.07) is 4.83. The number of hydrogen-bond acceptors (Lipinski definition) is 4. The quantitative estimate of drug-likeness (QED) is 0.823. The van der Waals surface area contributed by atoms with Gasteiger partial charge in [-0.3, -0.25) is 0 Å². The molecule has 0 spiro atoms. The first-order chi connectivity index (χ1) is 8.90. The number of sulfonamides is 1. The van der Waals surface area contributed by atoms with E-state index in [9.17, 15) is 8.42 Å². The Kier molecular flexibility index (Phi) is 4.01. The first kappa shape index (κ1) is 14.1. The molecule has 4 N–H and O–H groups in total. The summed E-state index contributed by atoms with van der Waals surface area (Å²) in [7, 11) is -3.71.